The Morgan fingerprint density at radius 2 is 2.15 bits per heavy atom. The molecule has 3 amide bonds. The number of nitrogens with two attached hydrogens (primary N) is 1. The maximum absolute atomic E-state index is 12.5. The van der Waals surface area contributed by atoms with Gasteiger partial charge in [-0.2, -0.15) is 5.10 Å². The molecule has 1 aromatic heterocycles. The van der Waals surface area contributed by atoms with Crippen LogP contribution < -0.4 is 5.73 Å². The molecule has 7 nitrogen and oxygen atoms in total. The molecule has 3 heterocycles. The minimum atomic E-state index is -0.447. The summed E-state index contributed by atoms with van der Waals surface area (Å²) >= 11 is 0. The summed E-state index contributed by atoms with van der Waals surface area (Å²) in [5.41, 5.74) is 7.83. The number of rotatable bonds is 0. The monoisotopic (exact) mass is 277 g/mol. The van der Waals surface area contributed by atoms with E-state index in [1.807, 2.05) is 6.92 Å². The summed E-state index contributed by atoms with van der Waals surface area (Å²) in [6, 6.07) is -0.426. The molecule has 108 valence electrons. The Hall–Kier alpha value is -2.05. The van der Waals surface area contributed by atoms with Crippen molar-refractivity contribution in [2.75, 3.05) is 13.6 Å². The zero-order valence-corrected chi connectivity index (χ0v) is 11.8. The molecule has 0 fully saturated rings. The van der Waals surface area contributed by atoms with Gasteiger partial charge in [0.05, 0.1) is 12.2 Å². The Morgan fingerprint density at radius 3 is 2.85 bits per heavy atom. The van der Waals surface area contributed by atoms with Crippen molar-refractivity contribution >= 4 is 11.9 Å². The number of carbonyl (C=O) groups is 2. The van der Waals surface area contributed by atoms with E-state index < -0.39 is 6.03 Å². The maximum Gasteiger partial charge on any atom is 0.315 e. The third-order valence-corrected chi connectivity index (χ3v) is 4.18. The fraction of sp³-hybridized carbons (Fsp3) is 0.615. The van der Waals surface area contributed by atoms with E-state index in [-0.39, 0.29) is 11.9 Å². The Balaban J connectivity index is 2.06. The molecule has 3 rings (SSSR count). The zero-order valence-electron chi connectivity index (χ0n) is 11.8. The van der Waals surface area contributed by atoms with Gasteiger partial charge in [-0.15, -0.1) is 0 Å². The molecule has 0 bridgehead atoms. The molecular weight excluding hydrogens is 258 g/mol. The highest BCUT2D eigenvalue weighted by Gasteiger charge is 2.34. The highest BCUT2D eigenvalue weighted by molar-refractivity contribution is 5.94. The van der Waals surface area contributed by atoms with Gasteiger partial charge < -0.3 is 15.5 Å². The van der Waals surface area contributed by atoms with Gasteiger partial charge in [0, 0.05) is 38.2 Å². The third-order valence-electron chi connectivity index (χ3n) is 4.18. The van der Waals surface area contributed by atoms with Crippen LogP contribution in [-0.4, -0.2) is 51.2 Å². The SMILES string of the molecule is CC1Cc2nn3c(c2CN1C(N)=O)C(=O)N(C)CCC3. The average molecular weight is 277 g/mol. The van der Waals surface area contributed by atoms with Crippen molar-refractivity contribution in [1.82, 2.24) is 19.6 Å². The second-order valence-electron chi connectivity index (χ2n) is 5.60. The number of nitrogens with zero attached hydrogens (tertiary/aromatic N) is 4. The molecule has 2 N–H and O–H groups in total. The molecule has 0 aliphatic carbocycles. The summed E-state index contributed by atoms with van der Waals surface area (Å²) in [6.07, 6.45) is 1.54. The van der Waals surface area contributed by atoms with Crippen molar-refractivity contribution in [2.45, 2.75) is 38.9 Å². The van der Waals surface area contributed by atoms with Crippen LogP contribution in [0.2, 0.25) is 0 Å². The number of fused-ring (bicyclic) bond motifs is 3. The van der Waals surface area contributed by atoms with E-state index in [1.165, 1.54) is 0 Å². The molecule has 0 spiro atoms. The average Bonchev–Trinajstić information content (AvgIpc) is 2.66. The van der Waals surface area contributed by atoms with Crippen LogP contribution >= 0.6 is 0 Å². The number of carbonyl (C=O) groups excluding carboxylic acids is 2. The second kappa shape index (κ2) is 4.50. The molecular formula is C13H19N5O2. The molecule has 0 radical (unpaired) electrons. The lowest BCUT2D eigenvalue weighted by molar-refractivity contribution is 0.0793. The second-order valence-corrected chi connectivity index (χ2v) is 5.60. The first-order chi connectivity index (χ1) is 9.49. The first-order valence-electron chi connectivity index (χ1n) is 6.89. The Labute approximate surface area is 117 Å². The normalized spacial score (nSPS) is 22.3. The van der Waals surface area contributed by atoms with Gasteiger partial charge in [-0.05, 0) is 13.3 Å². The topological polar surface area (TPSA) is 84.5 Å². The number of aryl methyl sites for hydroxylation is 1. The number of primary amides is 1. The summed E-state index contributed by atoms with van der Waals surface area (Å²) in [5.74, 6) is -0.0183. The van der Waals surface area contributed by atoms with Crippen LogP contribution in [0.15, 0.2) is 0 Å². The molecule has 20 heavy (non-hydrogen) atoms. The number of amides is 3. The zero-order chi connectivity index (χ0) is 14.4. The minimum absolute atomic E-state index is 0.0183. The lowest BCUT2D eigenvalue weighted by Crippen LogP contribution is -2.45. The van der Waals surface area contributed by atoms with Crippen LogP contribution in [-0.2, 0) is 19.5 Å². The molecule has 0 saturated carbocycles. The first-order valence-corrected chi connectivity index (χ1v) is 6.89. The lowest BCUT2D eigenvalue weighted by atomic mass is 9.99. The Bertz CT molecular complexity index is 580. The standard InChI is InChI=1S/C13H19N5O2/c1-8-6-10-9(7-17(8)13(14)20)11-12(19)16(2)4-3-5-18(11)15-10/h8H,3-7H2,1-2H3,(H2,14,20). The third kappa shape index (κ3) is 1.85. The van der Waals surface area contributed by atoms with Crippen LogP contribution in [0.1, 0.15) is 35.1 Å². The molecule has 1 atom stereocenters. The Kier molecular flexibility index (Phi) is 2.92. The van der Waals surface area contributed by atoms with Crippen LogP contribution in [0.25, 0.3) is 0 Å². The van der Waals surface area contributed by atoms with Gasteiger partial charge in [0.1, 0.15) is 5.69 Å². The van der Waals surface area contributed by atoms with Crippen LogP contribution in [0.5, 0.6) is 0 Å². The van der Waals surface area contributed by atoms with Crippen LogP contribution in [0.4, 0.5) is 4.79 Å². The van der Waals surface area contributed by atoms with Crippen molar-refractivity contribution in [3.63, 3.8) is 0 Å². The Morgan fingerprint density at radius 1 is 1.40 bits per heavy atom. The number of urea groups is 1. The van der Waals surface area contributed by atoms with Crippen LogP contribution in [0, 0.1) is 0 Å². The van der Waals surface area contributed by atoms with Gasteiger partial charge in [0.2, 0.25) is 0 Å². The quantitative estimate of drug-likeness (QED) is 0.734. The van der Waals surface area contributed by atoms with Gasteiger partial charge in [0.15, 0.2) is 0 Å². The predicted molar refractivity (Wildman–Crippen MR) is 72.1 cm³/mol. The number of hydrogen-bond donors (Lipinski definition) is 1. The highest BCUT2D eigenvalue weighted by atomic mass is 16.2. The molecule has 0 aromatic carbocycles. The van der Waals surface area contributed by atoms with Crippen molar-refractivity contribution in [3.05, 3.63) is 17.0 Å². The molecule has 2 aliphatic rings. The minimum Gasteiger partial charge on any atom is -0.351 e. The number of aromatic nitrogens is 2. The molecule has 7 heteroatoms. The summed E-state index contributed by atoms with van der Waals surface area (Å²) in [7, 11) is 1.80. The van der Waals surface area contributed by atoms with Gasteiger partial charge in [-0.1, -0.05) is 0 Å². The largest absolute Gasteiger partial charge is 0.351 e. The van der Waals surface area contributed by atoms with Crippen molar-refractivity contribution in [2.24, 2.45) is 5.73 Å². The van der Waals surface area contributed by atoms with Crippen molar-refractivity contribution < 1.29 is 9.59 Å². The van der Waals surface area contributed by atoms with Gasteiger partial charge in [-0.3, -0.25) is 9.48 Å². The van der Waals surface area contributed by atoms with Crippen LogP contribution in [0.3, 0.4) is 0 Å². The number of hydrogen-bond acceptors (Lipinski definition) is 3. The fourth-order valence-corrected chi connectivity index (χ4v) is 3.03. The summed E-state index contributed by atoms with van der Waals surface area (Å²) < 4.78 is 1.80. The van der Waals surface area contributed by atoms with Gasteiger partial charge in [-0.25, -0.2) is 4.79 Å². The van der Waals surface area contributed by atoms with E-state index >= 15 is 0 Å². The van der Waals surface area contributed by atoms with E-state index in [9.17, 15) is 9.59 Å². The highest BCUT2D eigenvalue weighted by Crippen LogP contribution is 2.27. The van der Waals surface area contributed by atoms with E-state index in [0.29, 0.717) is 18.7 Å². The van der Waals surface area contributed by atoms with Crippen molar-refractivity contribution in [3.8, 4) is 0 Å². The molecule has 0 saturated heterocycles. The van der Waals surface area contributed by atoms with Gasteiger partial charge >= 0.3 is 6.03 Å². The van der Waals surface area contributed by atoms with Crippen molar-refractivity contribution in [1.29, 1.82) is 0 Å². The maximum atomic E-state index is 12.5. The predicted octanol–water partition coefficient (Wildman–Crippen LogP) is 0.184. The first kappa shape index (κ1) is 13.0. The summed E-state index contributed by atoms with van der Waals surface area (Å²) in [4.78, 5) is 27.3. The molecule has 1 aromatic rings. The summed E-state index contributed by atoms with van der Waals surface area (Å²) in [5, 5.41) is 4.57. The van der Waals surface area contributed by atoms with Gasteiger partial charge in [0.25, 0.3) is 5.91 Å². The summed E-state index contributed by atoms with van der Waals surface area (Å²) in [6.45, 7) is 3.79. The smallest absolute Gasteiger partial charge is 0.315 e. The van der Waals surface area contributed by atoms with E-state index in [0.717, 1.165) is 30.8 Å². The lowest BCUT2D eigenvalue weighted by Gasteiger charge is -2.31. The van der Waals surface area contributed by atoms with E-state index in [1.54, 1.807) is 21.5 Å². The van der Waals surface area contributed by atoms with E-state index in [4.69, 9.17) is 5.73 Å². The van der Waals surface area contributed by atoms with E-state index in [2.05, 4.69) is 5.10 Å². The fourth-order valence-electron chi connectivity index (χ4n) is 3.03. The molecule has 2 aliphatic heterocycles. The molecule has 1 unspecified atom stereocenters.